The van der Waals surface area contributed by atoms with Crippen LogP contribution in [0.3, 0.4) is 0 Å². The van der Waals surface area contributed by atoms with Gasteiger partial charge in [-0.3, -0.25) is 4.79 Å². The number of hydrogen-bond acceptors (Lipinski definition) is 4. The van der Waals surface area contributed by atoms with Gasteiger partial charge in [0.15, 0.2) is 0 Å². The summed E-state index contributed by atoms with van der Waals surface area (Å²) in [6.07, 6.45) is -4.64. The minimum atomic E-state index is -4.64. The standard InChI is InChI=1S/C12H10F3N3OS/c1-6(9(16)19)20-10-7-4-2-3-5-8(7)17-11(18-10)12(13,14)15/h2-6H,1H3,(H2,16,19)/t6-/m1/s1. The van der Waals surface area contributed by atoms with E-state index in [2.05, 4.69) is 9.97 Å². The molecule has 0 saturated carbocycles. The second-order valence-corrected chi connectivity index (χ2v) is 5.36. The van der Waals surface area contributed by atoms with Crippen molar-refractivity contribution >= 4 is 28.6 Å². The quantitative estimate of drug-likeness (QED) is 0.699. The van der Waals surface area contributed by atoms with Gasteiger partial charge in [0.1, 0.15) is 5.03 Å². The summed E-state index contributed by atoms with van der Waals surface area (Å²) in [6, 6.07) is 6.32. The van der Waals surface area contributed by atoms with Gasteiger partial charge >= 0.3 is 6.18 Å². The average Bonchev–Trinajstić information content (AvgIpc) is 2.37. The molecule has 0 aliphatic rings. The van der Waals surface area contributed by atoms with E-state index in [-0.39, 0.29) is 10.5 Å². The number of carbonyl (C=O) groups is 1. The molecule has 1 atom stereocenters. The van der Waals surface area contributed by atoms with Crippen LogP contribution in [0.25, 0.3) is 10.9 Å². The molecule has 0 aliphatic heterocycles. The van der Waals surface area contributed by atoms with Gasteiger partial charge in [-0.1, -0.05) is 30.0 Å². The molecule has 20 heavy (non-hydrogen) atoms. The SMILES string of the molecule is C[C@@H](Sc1nc(C(F)(F)F)nc2ccccc12)C(N)=O. The molecule has 1 amide bonds. The largest absolute Gasteiger partial charge is 0.451 e. The minimum Gasteiger partial charge on any atom is -0.369 e. The van der Waals surface area contributed by atoms with E-state index in [1.807, 2.05) is 0 Å². The highest BCUT2D eigenvalue weighted by Gasteiger charge is 2.35. The van der Waals surface area contributed by atoms with Crippen molar-refractivity contribution in [3.63, 3.8) is 0 Å². The number of carbonyl (C=O) groups excluding carboxylic acids is 1. The molecule has 0 radical (unpaired) electrons. The Morgan fingerprint density at radius 2 is 1.95 bits per heavy atom. The first-order chi connectivity index (χ1) is 9.29. The molecular weight excluding hydrogens is 291 g/mol. The maximum absolute atomic E-state index is 12.8. The number of aromatic nitrogens is 2. The number of amides is 1. The Balaban J connectivity index is 2.58. The number of para-hydroxylation sites is 1. The van der Waals surface area contributed by atoms with Crippen molar-refractivity contribution in [2.24, 2.45) is 5.73 Å². The molecule has 0 unspecified atom stereocenters. The molecule has 1 aromatic heterocycles. The molecular formula is C12H10F3N3OS. The van der Waals surface area contributed by atoms with E-state index in [1.165, 1.54) is 13.0 Å². The van der Waals surface area contributed by atoms with Gasteiger partial charge in [-0.15, -0.1) is 0 Å². The van der Waals surface area contributed by atoms with Crippen molar-refractivity contribution in [2.75, 3.05) is 0 Å². The first kappa shape index (κ1) is 14.6. The Hall–Kier alpha value is -1.83. The Labute approximate surface area is 116 Å². The van der Waals surface area contributed by atoms with Crippen LogP contribution in [0.15, 0.2) is 29.3 Å². The molecule has 106 valence electrons. The molecule has 0 bridgehead atoms. The maximum Gasteiger partial charge on any atom is 0.451 e. The van der Waals surface area contributed by atoms with E-state index in [1.54, 1.807) is 18.2 Å². The Bertz CT molecular complexity index is 660. The summed E-state index contributed by atoms with van der Waals surface area (Å²) in [7, 11) is 0. The molecule has 8 heteroatoms. The summed E-state index contributed by atoms with van der Waals surface area (Å²) in [4.78, 5) is 18.1. The van der Waals surface area contributed by atoms with Crippen LogP contribution in [0.1, 0.15) is 12.7 Å². The number of nitrogens with two attached hydrogens (primary N) is 1. The molecule has 1 heterocycles. The summed E-state index contributed by atoms with van der Waals surface area (Å²) < 4.78 is 38.3. The third-order valence-electron chi connectivity index (χ3n) is 2.51. The van der Waals surface area contributed by atoms with Gasteiger partial charge in [0, 0.05) is 5.39 Å². The van der Waals surface area contributed by atoms with Crippen molar-refractivity contribution in [2.45, 2.75) is 23.4 Å². The van der Waals surface area contributed by atoms with E-state index >= 15 is 0 Å². The van der Waals surface area contributed by atoms with Gasteiger partial charge in [-0.25, -0.2) is 9.97 Å². The van der Waals surface area contributed by atoms with E-state index in [4.69, 9.17) is 5.73 Å². The molecule has 2 aromatic rings. The predicted molar refractivity (Wildman–Crippen MR) is 69.1 cm³/mol. The van der Waals surface area contributed by atoms with Crippen LogP contribution in [-0.2, 0) is 11.0 Å². The second-order valence-electron chi connectivity index (χ2n) is 4.03. The van der Waals surface area contributed by atoms with Gasteiger partial charge in [0.2, 0.25) is 11.7 Å². The van der Waals surface area contributed by atoms with Crippen LogP contribution < -0.4 is 5.73 Å². The number of hydrogen-bond donors (Lipinski definition) is 1. The van der Waals surface area contributed by atoms with E-state index in [9.17, 15) is 18.0 Å². The summed E-state index contributed by atoms with van der Waals surface area (Å²) in [5.41, 5.74) is 5.30. The smallest absolute Gasteiger partial charge is 0.369 e. The Morgan fingerprint density at radius 1 is 1.30 bits per heavy atom. The van der Waals surface area contributed by atoms with Crippen LogP contribution in [-0.4, -0.2) is 21.1 Å². The molecule has 0 fully saturated rings. The average molecular weight is 301 g/mol. The van der Waals surface area contributed by atoms with Crippen molar-refractivity contribution in [3.05, 3.63) is 30.1 Å². The number of primary amides is 1. The van der Waals surface area contributed by atoms with E-state index in [0.717, 1.165) is 11.8 Å². The van der Waals surface area contributed by atoms with Crippen LogP contribution in [0.5, 0.6) is 0 Å². The van der Waals surface area contributed by atoms with Crippen molar-refractivity contribution in [1.82, 2.24) is 9.97 Å². The van der Waals surface area contributed by atoms with E-state index < -0.39 is 23.2 Å². The molecule has 4 nitrogen and oxygen atoms in total. The fourth-order valence-electron chi connectivity index (χ4n) is 1.49. The molecule has 2 N–H and O–H groups in total. The number of benzene rings is 1. The summed E-state index contributed by atoms with van der Waals surface area (Å²) in [5, 5.41) is -0.137. The maximum atomic E-state index is 12.8. The van der Waals surface area contributed by atoms with Crippen LogP contribution >= 0.6 is 11.8 Å². The first-order valence-electron chi connectivity index (χ1n) is 5.59. The number of halogens is 3. The summed E-state index contributed by atoms with van der Waals surface area (Å²) in [6.45, 7) is 1.51. The Kier molecular flexibility index (Phi) is 3.85. The van der Waals surface area contributed by atoms with Crippen LogP contribution in [0.2, 0.25) is 0 Å². The number of fused-ring (bicyclic) bond motifs is 1. The number of rotatable bonds is 3. The lowest BCUT2D eigenvalue weighted by atomic mass is 10.2. The zero-order valence-corrected chi connectivity index (χ0v) is 11.1. The molecule has 2 rings (SSSR count). The van der Waals surface area contributed by atoms with Crippen LogP contribution in [0, 0.1) is 0 Å². The van der Waals surface area contributed by atoms with Gasteiger partial charge in [-0.2, -0.15) is 13.2 Å². The van der Waals surface area contributed by atoms with Crippen molar-refractivity contribution in [1.29, 1.82) is 0 Å². The lowest BCUT2D eigenvalue weighted by Gasteiger charge is -2.12. The first-order valence-corrected chi connectivity index (χ1v) is 6.47. The number of thioether (sulfide) groups is 1. The zero-order chi connectivity index (χ0) is 14.9. The van der Waals surface area contributed by atoms with Crippen LogP contribution in [0.4, 0.5) is 13.2 Å². The number of nitrogens with zero attached hydrogens (tertiary/aromatic N) is 2. The van der Waals surface area contributed by atoms with Gasteiger partial charge in [-0.05, 0) is 13.0 Å². The monoisotopic (exact) mass is 301 g/mol. The highest BCUT2D eigenvalue weighted by atomic mass is 32.2. The van der Waals surface area contributed by atoms with Crippen molar-refractivity contribution < 1.29 is 18.0 Å². The lowest BCUT2D eigenvalue weighted by Crippen LogP contribution is -2.23. The molecule has 0 saturated heterocycles. The highest BCUT2D eigenvalue weighted by Crippen LogP contribution is 2.33. The lowest BCUT2D eigenvalue weighted by molar-refractivity contribution is -0.145. The zero-order valence-electron chi connectivity index (χ0n) is 10.3. The number of alkyl halides is 3. The third-order valence-corrected chi connectivity index (χ3v) is 3.63. The summed E-state index contributed by atoms with van der Waals surface area (Å²) in [5.74, 6) is -1.85. The van der Waals surface area contributed by atoms with Gasteiger partial charge in [0.05, 0.1) is 10.8 Å². The minimum absolute atomic E-state index is 0.0919. The highest BCUT2D eigenvalue weighted by molar-refractivity contribution is 8.00. The topological polar surface area (TPSA) is 68.9 Å². The second kappa shape index (κ2) is 5.28. The molecule has 0 aliphatic carbocycles. The predicted octanol–water partition coefficient (Wildman–Crippen LogP) is 2.61. The Morgan fingerprint density at radius 3 is 2.55 bits per heavy atom. The van der Waals surface area contributed by atoms with E-state index in [0.29, 0.717) is 5.39 Å². The molecule has 0 spiro atoms. The third kappa shape index (κ3) is 3.01. The van der Waals surface area contributed by atoms with Gasteiger partial charge in [0.25, 0.3) is 0 Å². The van der Waals surface area contributed by atoms with Crippen molar-refractivity contribution in [3.8, 4) is 0 Å². The fourth-order valence-corrected chi connectivity index (χ4v) is 2.38. The normalized spacial score (nSPS) is 13.4. The fraction of sp³-hybridized carbons (Fsp3) is 0.250. The molecule has 1 aromatic carbocycles. The summed E-state index contributed by atoms with van der Waals surface area (Å²) >= 11 is 0.886. The van der Waals surface area contributed by atoms with Gasteiger partial charge < -0.3 is 5.73 Å².